The molecule has 1 amide bonds. The number of nitrogens with zero attached hydrogens (tertiary/aromatic N) is 1. The van der Waals surface area contributed by atoms with Gasteiger partial charge in [-0.2, -0.15) is 0 Å². The van der Waals surface area contributed by atoms with E-state index in [1.54, 1.807) is 13.8 Å². The maximum Gasteiger partial charge on any atom is 0.352 e. The number of aromatic carboxylic acids is 1. The van der Waals surface area contributed by atoms with Crippen molar-refractivity contribution >= 4 is 11.9 Å². The normalized spacial score (nSPS) is 17.2. The quantitative estimate of drug-likeness (QED) is 0.731. The number of rotatable bonds is 6. The summed E-state index contributed by atoms with van der Waals surface area (Å²) >= 11 is 0. The first kappa shape index (κ1) is 19.2. The second-order valence-electron chi connectivity index (χ2n) is 7.33. The molecule has 1 unspecified atom stereocenters. The van der Waals surface area contributed by atoms with Crippen LogP contribution in [-0.2, 0) is 0 Å². The molecule has 1 aromatic carbocycles. The molecule has 1 aliphatic heterocycles. The lowest BCUT2D eigenvalue weighted by Crippen LogP contribution is -2.34. The molecule has 144 valence electrons. The van der Waals surface area contributed by atoms with Gasteiger partial charge in [-0.05, 0) is 56.3 Å². The van der Waals surface area contributed by atoms with E-state index in [-0.39, 0.29) is 11.6 Å². The fraction of sp³-hybridized carbons (Fsp3) is 0.429. The molecule has 0 spiro atoms. The summed E-state index contributed by atoms with van der Waals surface area (Å²) in [6.07, 6.45) is 1.14. The fourth-order valence-corrected chi connectivity index (χ4v) is 4.05. The van der Waals surface area contributed by atoms with Gasteiger partial charge in [0.15, 0.2) is 0 Å². The molecule has 1 fully saturated rings. The molecule has 1 aromatic heterocycles. The van der Waals surface area contributed by atoms with Crippen LogP contribution in [0.15, 0.2) is 24.3 Å². The Balaban J connectivity index is 1.53. The number of carbonyl (C=O) groups excluding carboxylic acids is 1. The van der Waals surface area contributed by atoms with Gasteiger partial charge in [0.05, 0.1) is 5.56 Å². The van der Waals surface area contributed by atoms with Gasteiger partial charge in [-0.3, -0.25) is 4.79 Å². The number of carbonyl (C=O) groups is 2. The predicted octanol–water partition coefficient (Wildman–Crippen LogP) is 2.86. The Labute approximate surface area is 159 Å². The second kappa shape index (κ2) is 7.96. The Morgan fingerprint density at radius 2 is 2.00 bits per heavy atom. The molecule has 1 saturated heterocycles. The molecule has 1 aliphatic rings. The van der Waals surface area contributed by atoms with Crippen LogP contribution in [0.5, 0.6) is 0 Å². The highest BCUT2D eigenvalue weighted by atomic mass is 16.4. The number of aromatic nitrogens is 1. The number of aryl methyl sites for hydroxylation is 2. The first-order valence-corrected chi connectivity index (χ1v) is 9.37. The van der Waals surface area contributed by atoms with Gasteiger partial charge >= 0.3 is 5.97 Å². The maximum absolute atomic E-state index is 12.5. The van der Waals surface area contributed by atoms with Crippen LogP contribution in [0.3, 0.4) is 0 Å². The SMILES string of the molecule is Cc1ccccc1C1CCN(CCNC(=O)c2c(C)[nH]c(C(=O)O)c2C)C1. The van der Waals surface area contributed by atoms with Crippen LogP contribution in [-0.4, -0.2) is 53.0 Å². The summed E-state index contributed by atoms with van der Waals surface area (Å²) in [6.45, 7) is 8.92. The Kier molecular flexibility index (Phi) is 5.65. The maximum atomic E-state index is 12.5. The molecule has 1 atom stereocenters. The summed E-state index contributed by atoms with van der Waals surface area (Å²) in [5.41, 5.74) is 4.35. The Morgan fingerprint density at radius 1 is 1.26 bits per heavy atom. The number of hydrogen-bond acceptors (Lipinski definition) is 3. The van der Waals surface area contributed by atoms with Crippen molar-refractivity contribution in [2.45, 2.75) is 33.1 Å². The Morgan fingerprint density at radius 3 is 2.67 bits per heavy atom. The van der Waals surface area contributed by atoms with Crippen LogP contribution < -0.4 is 5.32 Å². The van der Waals surface area contributed by atoms with Crippen LogP contribution in [0, 0.1) is 20.8 Å². The van der Waals surface area contributed by atoms with Crippen molar-refractivity contribution in [2.24, 2.45) is 0 Å². The molecule has 0 radical (unpaired) electrons. The van der Waals surface area contributed by atoms with Crippen LogP contribution >= 0.6 is 0 Å². The number of hydrogen-bond donors (Lipinski definition) is 3. The van der Waals surface area contributed by atoms with E-state index in [1.165, 1.54) is 11.1 Å². The average molecular weight is 369 g/mol. The number of benzene rings is 1. The summed E-state index contributed by atoms with van der Waals surface area (Å²) < 4.78 is 0. The minimum absolute atomic E-state index is 0.0817. The van der Waals surface area contributed by atoms with Gasteiger partial charge in [0.2, 0.25) is 0 Å². The monoisotopic (exact) mass is 369 g/mol. The van der Waals surface area contributed by atoms with Crippen molar-refractivity contribution in [3.8, 4) is 0 Å². The van der Waals surface area contributed by atoms with Gasteiger partial charge in [0, 0.05) is 25.3 Å². The minimum Gasteiger partial charge on any atom is -0.477 e. The van der Waals surface area contributed by atoms with Gasteiger partial charge in [-0.25, -0.2) is 4.79 Å². The van der Waals surface area contributed by atoms with Crippen LogP contribution in [0.1, 0.15) is 55.6 Å². The summed E-state index contributed by atoms with van der Waals surface area (Å²) in [5, 5.41) is 12.1. The third kappa shape index (κ3) is 4.06. The third-order valence-corrected chi connectivity index (χ3v) is 5.49. The number of likely N-dealkylation sites (tertiary alicyclic amines) is 1. The second-order valence-corrected chi connectivity index (χ2v) is 7.33. The minimum atomic E-state index is -1.05. The smallest absolute Gasteiger partial charge is 0.352 e. The number of amides is 1. The molecule has 0 saturated carbocycles. The van der Waals surface area contributed by atoms with Gasteiger partial charge in [-0.1, -0.05) is 24.3 Å². The largest absolute Gasteiger partial charge is 0.477 e. The van der Waals surface area contributed by atoms with Crippen molar-refractivity contribution in [3.05, 3.63) is 57.9 Å². The van der Waals surface area contributed by atoms with Gasteiger partial charge < -0.3 is 20.3 Å². The average Bonchev–Trinajstić information content (AvgIpc) is 3.19. The number of aromatic amines is 1. The van der Waals surface area contributed by atoms with Gasteiger partial charge in [-0.15, -0.1) is 0 Å². The van der Waals surface area contributed by atoms with Crippen molar-refractivity contribution in [3.63, 3.8) is 0 Å². The van der Waals surface area contributed by atoms with E-state index in [9.17, 15) is 14.7 Å². The van der Waals surface area contributed by atoms with E-state index in [4.69, 9.17) is 0 Å². The van der Waals surface area contributed by atoms with E-state index in [1.807, 2.05) is 0 Å². The first-order valence-electron chi connectivity index (χ1n) is 9.37. The highest BCUT2D eigenvalue weighted by Crippen LogP contribution is 2.28. The molecule has 27 heavy (non-hydrogen) atoms. The van der Waals surface area contributed by atoms with E-state index < -0.39 is 5.97 Å². The molecule has 3 rings (SSSR count). The Bertz CT molecular complexity index is 856. The number of carboxylic acid groups (broad SMARTS) is 1. The summed E-state index contributed by atoms with van der Waals surface area (Å²) in [6, 6.07) is 8.54. The predicted molar refractivity (Wildman–Crippen MR) is 105 cm³/mol. The molecular weight excluding hydrogens is 342 g/mol. The number of carboxylic acids is 1. The highest BCUT2D eigenvalue weighted by Gasteiger charge is 2.25. The van der Waals surface area contributed by atoms with E-state index in [2.05, 4.69) is 46.4 Å². The summed E-state index contributed by atoms with van der Waals surface area (Å²) in [5.74, 6) is -0.716. The fourth-order valence-electron chi connectivity index (χ4n) is 4.05. The molecule has 0 bridgehead atoms. The lowest BCUT2D eigenvalue weighted by Gasteiger charge is -2.17. The van der Waals surface area contributed by atoms with Crippen molar-refractivity contribution in [2.75, 3.05) is 26.2 Å². The Hall–Kier alpha value is -2.60. The molecule has 2 heterocycles. The molecule has 6 heteroatoms. The molecular formula is C21H27N3O3. The first-order chi connectivity index (χ1) is 12.9. The lowest BCUT2D eigenvalue weighted by atomic mass is 9.94. The molecule has 6 nitrogen and oxygen atoms in total. The zero-order valence-corrected chi connectivity index (χ0v) is 16.1. The van der Waals surface area contributed by atoms with E-state index >= 15 is 0 Å². The molecule has 0 aliphatic carbocycles. The van der Waals surface area contributed by atoms with Crippen LogP contribution in [0.4, 0.5) is 0 Å². The zero-order chi connectivity index (χ0) is 19.6. The zero-order valence-electron chi connectivity index (χ0n) is 16.1. The van der Waals surface area contributed by atoms with Crippen molar-refractivity contribution in [1.82, 2.24) is 15.2 Å². The van der Waals surface area contributed by atoms with Gasteiger partial charge in [0.25, 0.3) is 5.91 Å². The van der Waals surface area contributed by atoms with E-state index in [0.717, 1.165) is 26.1 Å². The summed E-state index contributed by atoms with van der Waals surface area (Å²) in [4.78, 5) is 28.8. The van der Waals surface area contributed by atoms with Crippen molar-refractivity contribution < 1.29 is 14.7 Å². The summed E-state index contributed by atoms with van der Waals surface area (Å²) in [7, 11) is 0. The van der Waals surface area contributed by atoms with Crippen molar-refractivity contribution in [1.29, 1.82) is 0 Å². The standard InChI is InChI=1S/C21H27N3O3/c1-13-6-4-5-7-17(13)16-8-10-24(12-16)11-9-22-20(25)18-14(2)19(21(26)27)23-15(18)3/h4-7,16,23H,8-12H2,1-3H3,(H,22,25)(H,26,27). The van der Waals surface area contributed by atoms with Crippen LogP contribution in [0.25, 0.3) is 0 Å². The van der Waals surface area contributed by atoms with Crippen LogP contribution in [0.2, 0.25) is 0 Å². The number of nitrogens with one attached hydrogen (secondary N) is 2. The topological polar surface area (TPSA) is 85.4 Å². The highest BCUT2D eigenvalue weighted by molar-refractivity contribution is 6.00. The van der Waals surface area contributed by atoms with E-state index in [0.29, 0.717) is 29.3 Å². The molecule has 2 aromatic rings. The molecule has 3 N–H and O–H groups in total. The van der Waals surface area contributed by atoms with Gasteiger partial charge in [0.1, 0.15) is 5.69 Å². The third-order valence-electron chi connectivity index (χ3n) is 5.49. The number of H-pyrrole nitrogens is 1. The lowest BCUT2D eigenvalue weighted by molar-refractivity contribution is 0.0690.